The van der Waals surface area contributed by atoms with Gasteiger partial charge in [-0.15, -0.1) is 0 Å². The van der Waals surface area contributed by atoms with Crippen LogP contribution in [0.15, 0.2) is 24.3 Å². The van der Waals surface area contributed by atoms with Gasteiger partial charge >= 0.3 is 0 Å². The third-order valence-electron chi connectivity index (χ3n) is 3.24. The summed E-state index contributed by atoms with van der Waals surface area (Å²) in [5.74, 6) is -0.00727. The van der Waals surface area contributed by atoms with E-state index in [0.29, 0.717) is 24.7 Å². The first-order chi connectivity index (χ1) is 8.92. The first-order valence-corrected chi connectivity index (χ1v) is 6.72. The fourth-order valence-electron chi connectivity index (χ4n) is 2.28. The molecule has 1 aliphatic heterocycles. The number of nitrogens with zero attached hydrogens (tertiary/aromatic N) is 1. The number of morpholine rings is 1. The molecule has 1 unspecified atom stereocenters. The number of carbonyl (C=O) groups is 1. The van der Waals surface area contributed by atoms with Gasteiger partial charge in [-0.1, -0.05) is 23.7 Å². The van der Waals surface area contributed by atoms with Crippen molar-refractivity contribution in [1.82, 2.24) is 4.90 Å². The van der Waals surface area contributed by atoms with Crippen LogP contribution >= 0.6 is 11.6 Å². The average Bonchev–Trinajstić information content (AvgIpc) is 2.37. The highest BCUT2D eigenvalue weighted by Crippen LogP contribution is 2.24. The molecule has 0 saturated carbocycles. The van der Waals surface area contributed by atoms with Crippen LogP contribution in [0.2, 0.25) is 5.02 Å². The maximum Gasteiger partial charge on any atom is 0.254 e. The molecule has 0 bridgehead atoms. The fourth-order valence-corrected chi connectivity index (χ4v) is 2.41. The monoisotopic (exact) mass is 282 g/mol. The van der Waals surface area contributed by atoms with Gasteiger partial charge in [0.25, 0.3) is 5.91 Å². The Kier molecular flexibility index (Phi) is 4.13. The maximum absolute atomic E-state index is 12.3. The van der Waals surface area contributed by atoms with Crippen LogP contribution in [0.1, 0.15) is 19.4 Å². The number of carbonyl (C=O) groups excluding carboxylic acids is 1. The second-order valence-electron chi connectivity index (χ2n) is 5.30. The van der Waals surface area contributed by atoms with Crippen LogP contribution in [0.3, 0.4) is 0 Å². The molecule has 2 N–H and O–H groups in total. The molecule has 1 aliphatic rings. The summed E-state index contributed by atoms with van der Waals surface area (Å²) in [5.41, 5.74) is 5.90. The number of halogens is 1. The minimum atomic E-state index is -0.811. The van der Waals surface area contributed by atoms with Crippen molar-refractivity contribution in [3.05, 3.63) is 34.9 Å². The summed E-state index contributed by atoms with van der Waals surface area (Å²) >= 11 is 5.86. The van der Waals surface area contributed by atoms with E-state index in [1.807, 2.05) is 24.3 Å². The number of hydrogen-bond donors (Lipinski definition) is 1. The van der Waals surface area contributed by atoms with Crippen molar-refractivity contribution in [2.45, 2.75) is 32.1 Å². The van der Waals surface area contributed by atoms with E-state index in [1.54, 1.807) is 18.7 Å². The molecule has 1 aromatic rings. The van der Waals surface area contributed by atoms with E-state index in [-0.39, 0.29) is 12.0 Å². The Bertz CT molecular complexity index is 459. The van der Waals surface area contributed by atoms with Gasteiger partial charge in [-0.3, -0.25) is 4.79 Å². The van der Waals surface area contributed by atoms with Crippen LogP contribution in [0.5, 0.6) is 0 Å². The van der Waals surface area contributed by atoms with Gasteiger partial charge in [0, 0.05) is 24.7 Å². The van der Waals surface area contributed by atoms with E-state index in [9.17, 15) is 4.79 Å². The van der Waals surface area contributed by atoms with E-state index < -0.39 is 5.60 Å². The predicted molar refractivity (Wildman–Crippen MR) is 74.9 cm³/mol. The SMILES string of the molecule is CC1(C)OC(CN)CN(Cc2ccc(Cl)cc2)C1=O. The zero-order valence-corrected chi connectivity index (χ0v) is 12.0. The Labute approximate surface area is 118 Å². The predicted octanol–water partition coefficient (Wildman–Crippen LogP) is 1.80. The average molecular weight is 283 g/mol. The molecule has 1 heterocycles. The lowest BCUT2D eigenvalue weighted by Gasteiger charge is -2.41. The van der Waals surface area contributed by atoms with Crippen molar-refractivity contribution in [1.29, 1.82) is 0 Å². The molecule has 4 nitrogen and oxygen atoms in total. The largest absolute Gasteiger partial charge is 0.359 e. The molecule has 19 heavy (non-hydrogen) atoms. The van der Waals surface area contributed by atoms with E-state index in [0.717, 1.165) is 5.56 Å². The third kappa shape index (κ3) is 3.26. The fraction of sp³-hybridized carbons (Fsp3) is 0.500. The first-order valence-electron chi connectivity index (χ1n) is 6.34. The smallest absolute Gasteiger partial charge is 0.254 e. The third-order valence-corrected chi connectivity index (χ3v) is 3.49. The van der Waals surface area contributed by atoms with Gasteiger partial charge in [0.15, 0.2) is 0 Å². The highest BCUT2D eigenvalue weighted by molar-refractivity contribution is 6.30. The zero-order chi connectivity index (χ0) is 14.0. The molecular weight excluding hydrogens is 264 g/mol. The van der Waals surface area contributed by atoms with Crippen LogP contribution in [0.25, 0.3) is 0 Å². The molecule has 0 spiro atoms. The molecular formula is C14H19ClN2O2. The topological polar surface area (TPSA) is 55.6 Å². The maximum atomic E-state index is 12.3. The van der Waals surface area contributed by atoms with E-state index in [1.165, 1.54) is 0 Å². The highest BCUT2D eigenvalue weighted by atomic mass is 35.5. The van der Waals surface area contributed by atoms with Gasteiger partial charge in [0.05, 0.1) is 6.10 Å². The molecule has 1 atom stereocenters. The Hall–Kier alpha value is -1.10. The molecule has 1 amide bonds. The lowest BCUT2D eigenvalue weighted by Crippen LogP contribution is -2.58. The zero-order valence-electron chi connectivity index (χ0n) is 11.2. The normalized spacial score (nSPS) is 22.6. The van der Waals surface area contributed by atoms with Crippen molar-refractivity contribution >= 4 is 17.5 Å². The van der Waals surface area contributed by atoms with Crippen molar-refractivity contribution < 1.29 is 9.53 Å². The van der Waals surface area contributed by atoms with Crippen molar-refractivity contribution in [3.63, 3.8) is 0 Å². The van der Waals surface area contributed by atoms with Crippen LogP contribution in [-0.4, -0.2) is 35.6 Å². The summed E-state index contributed by atoms with van der Waals surface area (Å²) in [7, 11) is 0. The van der Waals surface area contributed by atoms with E-state index in [2.05, 4.69) is 0 Å². The van der Waals surface area contributed by atoms with Crippen LogP contribution < -0.4 is 5.73 Å². The first kappa shape index (κ1) is 14.3. The summed E-state index contributed by atoms with van der Waals surface area (Å²) in [6.07, 6.45) is -0.111. The van der Waals surface area contributed by atoms with Crippen LogP contribution in [-0.2, 0) is 16.1 Å². The molecule has 1 fully saturated rings. The quantitative estimate of drug-likeness (QED) is 0.920. The lowest BCUT2D eigenvalue weighted by atomic mass is 10.0. The van der Waals surface area contributed by atoms with Gasteiger partial charge in [0.1, 0.15) is 5.60 Å². The number of amides is 1. The summed E-state index contributed by atoms with van der Waals surface area (Å²) in [6, 6.07) is 7.51. The minimum Gasteiger partial charge on any atom is -0.359 e. The number of rotatable bonds is 3. The van der Waals surface area contributed by atoms with Crippen LogP contribution in [0, 0.1) is 0 Å². The number of ether oxygens (including phenoxy) is 1. The Morgan fingerprint density at radius 1 is 1.42 bits per heavy atom. The summed E-state index contributed by atoms with van der Waals surface area (Å²) in [5, 5.41) is 0.692. The molecule has 104 valence electrons. The molecule has 1 aromatic carbocycles. The Morgan fingerprint density at radius 3 is 2.63 bits per heavy atom. The van der Waals surface area contributed by atoms with Crippen molar-refractivity contribution in [2.75, 3.05) is 13.1 Å². The van der Waals surface area contributed by atoms with Gasteiger partial charge in [0.2, 0.25) is 0 Å². The van der Waals surface area contributed by atoms with Crippen molar-refractivity contribution in [2.24, 2.45) is 5.73 Å². The van der Waals surface area contributed by atoms with Crippen LogP contribution in [0.4, 0.5) is 0 Å². The van der Waals surface area contributed by atoms with Gasteiger partial charge in [-0.25, -0.2) is 0 Å². The number of nitrogens with two attached hydrogens (primary N) is 1. The molecule has 1 saturated heterocycles. The Balaban J connectivity index is 2.13. The highest BCUT2D eigenvalue weighted by Gasteiger charge is 2.40. The molecule has 2 rings (SSSR count). The summed E-state index contributed by atoms with van der Waals surface area (Å²) in [6.45, 7) is 5.06. The summed E-state index contributed by atoms with van der Waals surface area (Å²) < 4.78 is 5.68. The van der Waals surface area contributed by atoms with Crippen molar-refractivity contribution in [3.8, 4) is 0 Å². The minimum absolute atomic E-state index is 0.00727. The molecule has 0 aromatic heterocycles. The van der Waals surface area contributed by atoms with E-state index in [4.69, 9.17) is 22.1 Å². The second kappa shape index (κ2) is 5.49. The van der Waals surface area contributed by atoms with Gasteiger partial charge in [-0.2, -0.15) is 0 Å². The molecule has 0 radical (unpaired) electrons. The van der Waals surface area contributed by atoms with E-state index >= 15 is 0 Å². The second-order valence-corrected chi connectivity index (χ2v) is 5.73. The molecule has 5 heteroatoms. The number of benzene rings is 1. The number of hydrogen-bond acceptors (Lipinski definition) is 3. The Morgan fingerprint density at radius 2 is 2.05 bits per heavy atom. The summed E-state index contributed by atoms with van der Waals surface area (Å²) in [4.78, 5) is 14.1. The van der Waals surface area contributed by atoms with Gasteiger partial charge < -0.3 is 15.4 Å². The van der Waals surface area contributed by atoms with Gasteiger partial charge in [-0.05, 0) is 31.5 Å². The molecule has 0 aliphatic carbocycles. The standard InChI is InChI=1S/C14H19ClN2O2/c1-14(2)13(18)17(9-12(7-16)19-14)8-10-3-5-11(15)6-4-10/h3-6,12H,7-9,16H2,1-2H3. The lowest BCUT2D eigenvalue weighted by molar-refractivity contribution is -0.179.